The average molecular weight is 1260 g/mol. The van der Waals surface area contributed by atoms with Crippen LogP contribution in [0, 0.1) is 16.2 Å². The Hall–Kier alpha value is -6.52. The molecule has 0 saturated heterocycles. The summed E-state index contributed by atoms with van der Waals surface area (Å²) in [6.45, 7) is 1.80. The van der Waals surface area contributed by atoms with Gasteiger partial charge in [-0.25, -0.2) is 18.9 Å². The number of anilines is 2. The molecule has 6 unspecified atom stereocenters. The van der Waals surface area contributed by atoms with Gasteiger partial charge in [-0.3, -0.25) is 29.0 Å². The van der Waals surface area contributed by atoms with Crippen molar-refractivity contribution in [2.75, 3.05) is 80.7 Å². The number of likely N-dealkylation sites (N-methyl/N-ethyl adjacent to an activating group) is 2. The molecule has 0 aromatic heterocycles. The molecular weight excluding hydrogens is 1190 g/mol. The maximum absolute atomic E-state index is 15.1. The standard InChI is InChI=1S/C60H63Cl2N6O14PS2/c1-64(56(75)80-31-36-13-5-10-18-48(36)85-84-32-43(53(71)72)63-49(69)19-4-3-11-21-66-22-12-20-50(66)70)23-24-65(2)57(76)81-46-25-44-51(41-16-8-6-14-39(41)46)37(27-61)29-67(44)54(73)58-33-59(35-60(58,59)34-58)55(74)68-30-38(28-62)52-42-17-9-7-15-40(42)47(26-45(52)68)82-83(77,78)79/h5-10,12-18,20,25-26,37-38,43H,3-4,11,19,21-24,27-35H2,1-2H3,(H,63,69)(H,71,72)(H2,77,78,79). The number of aliphatic carboxylic acids is 1. The van der Waals surface area contributed by atoms with Crippen LogP contribution in [0.25, 0.3) is 21.5 Å². The van der Waals surface area contributed by atoms with Crippen LogP contribution < -0.4 is 24.4 Å². The van der Waals surface area contributed by atoms with Crippen LogP contribution in [0.1, 0.15) is 73.5 Å². The number of ether oxygens (including phenoxy) is 2. The van der Waals surface area contributed by atoms with E-state index in [2.05, 4.69) is 5.32 Å². The van der Waals surface area contributed by atoms with Crippen molar-refractivity contribution in [1.29, 1.82) is 0 Å². The lowest BCUT2D eigenvalue weighted by Crippen LogP contribution is -2.49. The zero-order chi connectivity index (χ0) is 60.2. The van der Waals surface area contributed by atoms with Gasteiger partial charge in [0, 0.05) is 134 Å². The summed E-state index contributed by atoms with van der Waals surface area (Å²) in [7, 11) is 0.656. The van der Waals surface area contributed by atoms with Crippen LogP contribution in [0.5, 0.6) is 11.5 Å². The number of nitrogens with one attached hydrogen (secondary N) is 1. The maximum Gasteiger partial charge on any atom is 0.524 e. The molecule has 85 heavy (non-hydrogen) atoms. The molecule has 1 spiro atoms. The van der Waals surface area contributed by atoms with Gasteiger partial charge in [-0.2, -0.15) is 0 Å². The van der Waals surface area contributed by atoms with Gasteiger partial charge < -0.3 is 48.9 Å². The number of fused-ring (bicyclic) bond motifs is 6. The van der Waals surface area contributed by atoms with Gasteiger partial charge in [0.2, 0.25) is 23.6 Å². The highest BCUT2D eigenvalue weighted by Crippen LogP contribution is 3.01. The monoisotopic (exact) mass is 1260 g/mol. The van der Waals surface area contributed by atoms with E-state index < -0.39 is 48.3 Å². The Labute approximate surface area is 508 Å². The third-order valence-corrected chi connectivity index (χ3v) is 21.4. The van der Waals surface area contributed by atoms with Crippen LogP contribution in [0.2, 0.25) is 0 Å². The molecule has 3 heterocycles. The quantitative estimate of drug-likeness (QED) is 0.0194. The molecule has 3 aliphatic carbocycles. The smallest absolute Gasteiger partial charge is 0.480 e. The largest absolute Gasteiger partial charge is 0.524 e. The van der Waals surface area contributed by atoms with Gasteiger partial charge in [-0.05, 0) is 60.1 Å². The van der Waals surface area contributed by atoms with E-state index in [1.165, 1.54) is 37.5 Å². The second-order valence-electron chi connectivity index (χ2n) is 22.8. The fraction of sp³-hybridized carbons (Fsp3) is 0.417. The molecule has 20 nitrogen and oxygen atoms in total. The fourth-order valence-electron chi connectivity index (χ4n) is 13.3. The number of alkyl halides is 2. The zero-order valence-electron chi connectivity index (χ0n) is 46.6. The highest BCUT2D eigenvalue weighted by molar-refractivity contribution is 8.76. The lowest BCUT2D eigenvalue weighted by molar-refractivity contribution is -0.141. The molecule has 25 heteroatoms. The Balaban J connectivity index is 0.689. The predicted molar refractivity (Wildman–Crippen MR) is 323 cm³/mol. The van der Waals surface area contributed by atoms with Crippen molar-refractivity contribution in [3.63, 3.8) is 0 Å². The highest BCUT2D eigenvalue weighted by atomic mass is 35.5. The number of nitrogens with zero attached hydrogens (tertiary/aromatic N) is 5. The van der Waals surface area contributed by atoms with Crippen molar-refractivity contribution in [2.45, 2.75) is 74.3 Å². The van der Waals surface area contributed by atoms with E-state index in [4.69, 9.17) is 37.2 Å². The average Bonchev–Trinajstić information content (AvgIpc) is 1.40. The van der Waals surface area contributed by atoms with Crippen molar-refractivity contribution >= 4 is 127 Å². The summed E-state index contributed by atoms with van der Waals surface area (Å²) in [4.78, 5) is 122. The van der Waals surface area contributed by atoms with Gasteiger partial charge in [-0.15, -0.1) is 23.2 Å². The minimum atomic E-state index is -4.97. The first-order valence-corrected chi connectivity index (χ1v) is 32.9. The van der Waals surface area contributed by atoms with E-state index in [9.17, 15) is 48.2 Å². The number of carbonyl (C=O) groups excluding carboxylic acids is 6. The number of halogens is 2. The molecule has 3 aliphatic heterocycles. The third-order valence-electron chi connectivity index (χ3n) is 17.7. The van der Waals surface area contributed by atoms with Crippen LogP contribution in [-0.4, -0.2) is 148 Å². The predicted octanol–water partition coefficient (Wildman–Crippen LogP) is 9.64. The minimum Gasteiger partial charge on any atom is -0.480 e. The van der Waals surface area contributed by atoms with E-state index in [1.807, 2.05) is 54.6 Å². The number of benzene rings is 5. The molecule has 6 aliphatic rings. The Kier molecular flexibility index (Phi) is 17.0. The van der Waals surface area contributed by atoms with Gasteiger partial charge in [0.05, 0.1) is 22.2 Å². The fourth-order valence-corrected chi connectivity index (χ4v) is 16.6. The number of unbranched alkanes of at least 4 members (excludes halogenated alkanes) is 2. The summed E-state index contributed by atoms with van der Waals surface area (Å²) >= 11 is 13.2. The Morgan fingerprint density at radius 1 is 0.765 bits per heavy atom. The normalized spacial score (nSPS) is 22.5. The van der Waals surface area contributed by atoms with E-state index in [1.54, 1.807) is 65.2 Å². The van der Waals surface area contributed by atoms with Gasteiger partial charge in [0.25, 0.3) is 0 Å². The number of hydrogen-bond donors (Lipinski definition) is 4. The highest BCUT2D eigenvalue weighted by Gasteiger charge is 3.01. The van der Waals surface area contributed by atoms with Crippen LogP contribution >= 0.6 is 52.6 Å². The van der Waals surface area contributed by atoms with Gasteiger partial charge >= 0.3 is 26.0 Å². The third kappa shape index (κ3) is 11.3. The number of rotatable bonds is 24. The van der Waals surface area contributed by atoms with Crippen LogP contribution in [-0.2, 0) is 39.9 Å². The first-order chi connectivity index (χ1) is 40.7. The molecule has 448 valence electrons. The van der Waals surface area contributed by atoms with E-state index in [0.29, 0.717) is 71.9 Å². The summed E-state index contributed by atoms with van der Waals surface area (Å²) in [5.74, 6) is -1.64. The minimum absolute atomic E-state index is 0.0145. The molecule has 5 aromatic rings. The van der Waals surface area contributed by atoms with E-state index in [0.717, 1.165) is 34.3 Å². The molecule has 6 atom stereocenters. The molecule has 4 N–H and O–H groups in total. The van der Waals surface area contributed by atoms with Crippen molar-refractivity contribution in [3.8, 4) is 11.5 Å². The lowest BCUT2D eigenvalue weighted by atomic mass is 9.72. The van der Waals surface area contributed by atoms with Gasteiger partial charge in [0.15, 0.2) is 0 Å². The van der Waals surface area contributed by atoms with Crippen molar-refractivity contribution in [2.24, 2.45) is 16.2 Å². The Bertz CT molecular complexity index is 3650. The molecule has 3 fully saturated rings. The molecule has 3 saturated carbocycles. The number of hydrogen-bond acceptors (Lipinski definition) is 13. The molecule has 6 amide bonds. The zero-order valence-corrected chi connectivity index (χ0v) is 50.6. The second kappa shape index (κ2) is 24.0. The van der Waals surface area contributed by atoms with E-state index in [-0.39, 0.29) is 104 Å². The number of carbonyl (C=O) groups is 7. The molecule has 0 bridgehead atoms. The van der Waals surface area contributed by atoms with E-state index >= 15 is 4.79 Å². The number of phosphoric ester groups is 1. The number of phosphoric acid groups is 1. The Morgan fingerprint density at radius 3 is 1.89 bits per heavy atom. The van der Waals surface area contributed by atoms with Crippen LogP contribution in [0.15, 0.2) is 102 Å². The number of carboxylic acid groups (broad SMARTS) is 1. The number of amides is 6. The lowest BCUT2D eigenvalue weighted by Gasteiger charge is -2.37. The van der Waals surface area contributed by atoms with Crippen molar-refractivity contribution in [1.82, 2.24) is 20.0 Å². The van der Waals surface area contributed by atoms with Crippen LogP contribution in [0.4, 0.5) is 21.0 Å². The van der Waals surface area contributed by atoms with Gasteiger partial charge in [-0.1, -0.05) is 101 Å². The molecule has 5 aromatic carbocycles. The first-order valence-electron chi connectivity index (χ1n) is 28.0. The summed E-state index contributed by atoms with van der Waals surface area (Å²) < 4.78 is 29.1. The SMILES string of the molecule is CN(CCN(C)C(=O)Oc1cc2c(c3ccccc13)C(CCl)CN2C(=O)C12CC3(C(=O)N4CC(CCl)c5c4cc(OP(=O)(O)O)c4ccccc54)CC13C2)C(=O)OCc1ccccc1SSCC(NC(=O)CCCCCN1CC=CC1=O)C(=O)O. The van der Waals surface area contributed by atoms with Gasteiger partial charge in [0.1, 0.15) is 24.1 Å². The van der Waals surface area contributed by atoms with Crippen molar-refractivity contribution in [3.05, 3.63) is 114 Å². The first kappa shape index (κ1) is 60.2. The maximum atomic E-state index is 15.1. The second-order valence-corrected chi connectivity index (χ2v) is 27.0. The summed E-state index contributed by atoms with van der Waals surface area (Å²) in [6, 6.07) is 23.8. The summed E-state index contributed by atoms with van der Waals surface area (Å²) in [6.07, 6.45) is 5.57. The van der Waals surface area contributed by atoms with Crippen LogP contribution in [0.3, 0.4) is 0 Å². The molecule has 0 radical (unpaired) electrons. The van der Waals surface area contributed by atoms with Crippen molar-refractivity contribution < 1.29 is 67.0 Å². The molecule has 11 rings (SSSR count). The summed E-state index contributed by atoms with van der Waals surface area (Å²) in [5.41, 5.74) is 1.25. The topological polar surface area (TPSA) is 253 Å². The number of carboxylic acids is 1. The summed E-state index contributed by atoms with van der Waals surface area (Å²) in [5, 5.41) is 15.0. The Morgan fingerprint density at radius 2 is 1.33 bits per heavy atom. The molecular formula is C60H63Cl2N6O14PS2.